The summed E-state index contributed by atoms with van der Waals surface area (Å²) in [7, 11) is 1.93. The lowest BCUT2D eigenvalue weighted by Crippen LogP contribution is -2.53. The van der Waals surface area contributed by atoms with Gasteiger partial charge in [0.15, 0.2) is 0 Å². The van der Waals surface area contributed by atoms with E-state index in [4.69, 9.17) is 16.3 Å². The number of halogens is 2. The summed E-state index contributed by atoms with van der Waals surface area (Å²) in [6.07, 6.45) is 3.61. The second-order valence-electron chi connectivity index (χ2n) is 12.6. The van der Waals surface area contributed by atoms with Crippen LogP contribution in [0.2, 0.25) is 5.02 Å². The second kappa shape index (κ2) is 12.9. The molecule has 0 unspecified atom stereocenters. The molecule has 10 heteroatoms. The fourth-order valence-corrected chi connectivity index (χ4v) is 7.68. The highest BCUT2D eigenvalue weighted by Crippen LogP contribution is 2.44. The minimum Gasteiger partial charge on any atom is -0.493 e. The Morgan fingerprint density at radius 3 is 2.57 bits per heavy atom. The molecule has 0 bridgehead atoms. The van der Waals surface area contributed by atoms with Gasteiger partial charge in [0.1, 0.15) is 11.4 Å². The highest BCUT2D eigenvalue weighted by molar-refractivity contribution is 6.35. The molecule has 2 aliphatic rings. The molecule has 8 nitrogen and oxygen atoms in total. The molecule has 2 N–H and O–H groups in total. The Balaban J connectivity index is 0.00000372. The first-order chi connectivity index (χ1) is 21.8. The van der Waals surface area contributed by atoms with E-state index in [1.54, 1.807) is 0 Å². The van der Waals surface area contributed by atoms with Crippen molar-refractivity contribution >= 4 is 51.7 Å². The van der Waals surface area contributed by atoms with Crippen molar-refractivity contribution in [2.75, 3.05) is 32.8 Å². The van der Waals surface area contributed by atoms with E-state index in [0.29, 0.717) is 36.7 Å². The zero-order valence-corrected chi connectivity index (χ0v) is 28.2. The van der Waals surface area contributed by atoms with Gasteiger partial charge in [0, 0.05) is 72.9 Å². The zero-order valence-electron chi connectivity index (χ0n) is 26.6. The largest absolute Gasteiger partial charge is 0.493 e. The smallest absolute Gasteiger partial charge is 0.352 e. The van der Waals surface area contributed by atoms with Crippen LogP contribution in [-0.2, 0) is 20.0 Å². The van der Waals surface area contributed by atoms with Crippen LogP contribution in [0.15, 0.2) is 54.6 Å². The summed E-state index contributed by atoms with van der Waals surface area (Å²) in [6, 6.07) is 18.2. The lowest BCUT2D eigenvalue weighted by molar-refractivity contribution is 0.0681. The monoisotopic (exact) mass is 661 g/mol. The van der Waals surface area contributed by atoms with Gasteiger partial charge in [-0.1, -0.05) is 54.1 Å². The molecular weight excluding hydrogens is 621 g/mol. The van der Waals surface area contributed by atoms with E-state index in [-0.39, 0.29) is 17.9 Å². The summed E-state index contributed by atoms with van der Waals surface area (Å²) in [4.78, 5) is 15.7. The summed E-state index contributed by atoms with van der Waals surface area (Å²) < 4.78 is 10.2. The third kappa shape index (κ3) is 5.66. The number of hydrogen-bond acceptors (Lipinski definition) is 5. The number of nitrogens with zero attached hydrogens (tertiary/aromatic N) is 4. The van der Waals surface area contributed by atoms with Crippen LogP contribution in [0, 0.1) is 13.8 Å². The van der Waals surface area contributed by atoms with Gasteiger partial charge in [-0.2, -0.15) is 5.10 Å². The lowest BCUT2D eigenvalue weighted by Gasteiger charge is -2.37. The SMILES string of the molecule is Cc1nn(C)c(C)c1-c1c(Cl)ccc2c(CCCOc3cccc4ccccc34)c(C(=O)O)n(CCN3CCNCC34CC4)c12.Cl. The molecule has 0 radical (unpaired) electrons. The Kier molecular flexibility index (Phi) is 9.09. The number of carboxylic acids is 1. The number of aromatic nitrogens is 3. The van der Waals surface area contributed by atoms with Crippen LogP contribution in [0.25, 0.3) is 32.8 Å². The molecule has 0 amide bonds. The standard InChI is InChI=1S/C36H40ClN5O3.ClH/c1-23-31(24(2)40(3)39-23)32-29(37)14-13-28-27(11-7-21-45-30-12-6-9-25-8-4-5-10-26(25)30)34(35(43)44)42(33(28)32)20-19-41-18-17-38-22-36(41)15-16-36;/h4-6,8-10,12-14,38H,7,11,15-22H2,1-3H3,(H,43,44);1H. The van der Waals surface area contributed by atoms with Crippen LogP contribution >= 0.6 is 24.0 Å². The molecule has 2 fully saturated rings. The van der Waals surface area contributed by atoms with E-state index in [9.17, 15) is 9.90 Å². The molecule has 1 aliphatic heterocycles. The predicted molar refractivity (Wildman–Crippen MR) is 187 cm³/mol. The number of aromatic carboxylic acids is 1. The van der Waals surface area contributed by atoms with Crippen molar-refractivity contribution in [2.24, 2.45) is 7.05 Å². The Labute approximate surface area is 280 Å². The van der Waals surface area contributed by atoms with Crippen LogP contribution < -0.4 is 10.1 Å². The summed E-state index contributed by atoms with van der Waals surface area (Å²) in [5, 5.41) is 22.8. The Bertz CT molecular complexity index is 1920. The maximum absolute atomic E-state index is 13.1. The number of hydrogen-bond donors (Lipinski definition) is 2. The van der Waals surface area contributed by atoms with E-state index in [0.717, 1.165) is 81.7 Å². The van der Waals surface area contributed by atoms with Gasteiger partial charge < -0.3 is 19.7 Å². The molecule has 2 aromatic heterocycles. The first kappa shape index (κ1) is 32.4. The number of ether oxygens (including phenoxy) is 1. The lowest BCUT2D eigenvalue weighted by atomic mass is 9.98. The van der Waals surface area contributed by atoms with Crippen molar-refractivity contribution in [2.45, 2.75) is 51.6 Å². The average molecular weight is 663 g/mol. The topological polar surface area (TPSA) is 84.5 Å². The van der Waals surface area contributed by atoms with E-state index < -0.39 is 5.97 Å². The Morgan fingerprint density at radius 2 is 1.83 bits per heavy atom. The summed E-state index contributed by atoms with van der Waals surface area (Å²) in [5.74, 6) is -0.0741. The van der Waals surface area contributed by atoms with Gasteiger partial charge in [-0.05, 0) is 62.6 Å². The summed E-state index contributed by atoms with van der Waals surface area (Å²) in [6.45, 7) is 8.78. The fourth-order valence-electron chi connectivity index (χ4n) is 7.43. The highest BCUT2D eigenvalue weighted by Gasteiger charge is 2.48. The van der Waals surface area contributed by atoms with Crippen LogP contribution in [-0.4, -0.2) is 68.6 Å². The quantitative estimate of drug-likeness (QED) is 0.156. The van der Waals surface area contributed by atoms with Gasteiger partial charge in [0.25, 0.3) is 0 Å². The molecule has 46 heavy (non-hydrogen) atoms. The van der Waals surface area contributed by atoms with Gasteiger partial charge in [-0.3, -0.25) is 9.58 Å². The van der Waals surface area contributed by atoms with Crippen molar-refractivity contribution in [1.82, 2.24) is 24.6 Å². The minimum atomic E-state index is -0.917. The summed E-state index contributed by atoms with van der Waals surface area (Å²) in [5.41, 5.74) is 5.96. The maximum Gasteiger partial charge on any atom is 0.352 e. The van der Waals surface area contributed by atoms with Crippen LogP contribution in [0.1, 0.15) is 46.7 Å². The van der Waals surface area contributed by atoms with Crippen molar-refractivity contribution in [3.05, 3.63) is 82.3 Å². The number of rotatable bonds is 10. The molecule has 3 aromatic carbocycles. The van der Waals surface area contributed by atoms with Gasteiger partial charge in [-0.25, -0.2) is 4.79 Å². The number of fused-ring (bicyclic) bond motifs is 2. The van der Waals surface area contributed by atoms with E-state index in [1.165, 1.54) is 12.8 Å². The van der Waals surface area contributed by atoms with Crippen molar-refractivity contribution < 1.29 is 14.6 Å². The number of carbonyl (C=O) groups is 1. The molecule has 242 valence electrons. The third-order valence-corrected chi connectivity index (χ3v) is 10.2. The van der Waals surface area contributed by atoms with Crippen molar-refractivity contribution in [3.63, 3.8) is 0 Å². The molecule has 3 heterocycles. The molecule has 1 spiro atoms. The van der Waals surface area contributed by atoms with Gasteiger partial charge in [0.2, 0.25) is 0 Å². The molecule has 1 aliphatic carbocycles. The fraction of sp³-hybridized carbons (Fsp3) is 0.389. The van der Waals surface area contributed by atoms with Crippen LogP contribution in [0.4, 0.5) is 0 Å². The number of piperazine rings is 1. The molecule has 1 saturated carbocycles. The van der Waals surface area contributed by atoms with E-state index in [2.05, 4.69) is 33.5 Å². The number of aryl methyl sites for hydroxylation is 3. The number of nitrogens with one attached hydrogen (secondary N) is 1. The average Bonchev–Trinajstić information content (AvgIpc) is 3.66. The molecular formula is C36H41Cl2N5O3. The molecule has 1 saturated heterocycles. The van der Waals surface area contributed by atoms with Crippen molar-refractivity contribution in [3.8, 4) is 16.9 Å². The van der Waals surface area contributed by atoms with Gasteiger partial charge >= 0.3 is 5.97 Å². The molecule has 0 atom stereocenters. The Hall–Kier alpha value is -3.56. The first-order valence-electron chi connectivity index (χ1n) is 15.9. The van der Waals surface area contributed by atoms with Crippen molar-refractivity contribution in [1.29, 1.82) is 0 Å². The van der Waals surface area contributed by atoms with Crippen LogP contribution in [0.5, 0.6) is 5.75 Å². The Morgan fingerprint density at radius 1 is 1.04 bits per heavy atom. The number of carboxylic acid groups (broad SMARTS) is 1. The highest BCUT2D eigenvalue weighted by atomic mass is 35.5. The van der Waals surface area contributed by atoms with E-state index in [1.807, 2.05) is 66.5 Å². The van der Waals surface area contributed by atoms with Gasteiger partial charge in [-0.15, -0.1) is 12.4 Å². The maximum atomic E-state index is 13.1. The van der Waals surface area contributed by atoms with E-state index >= 15 is 0 Å². The van der Waals surface area contributed by atoms with Gasteiger partial charge in [0.05, 0.1) is 22.8 Å². The normalized spacial score (nSPS) is 15.8. The predicted octanol–water partition coefficient (Wildman–Crippen LogP) is 7.03. The summed E-state index contributed by atoms with van der Waals surface area (Å²) >= 11 is 7.01. The third-order valence-electron chi connectivity index (χ3n) is 9.92. The first-order valence-corrected chi connectivity index (χ1v) is 16.3. The second-order valence-corrected chi connectivity index (χ2v) is 13.0. The minimum absolute atomic E-state index is 0. The molecule has 7 rings (SSSR count). The molecule has 5 aromatic rings. The zero-order chi connectivity index (χ0) is 31.3. The number of benzene rings is 3. The van der Waals surface area contributed by atoms with Crippen LogP contribution in [0.3, 0.4) is 0 Å².